The van der Waals surface area contributed by atoms with Crippen LogP contribution in [0.3, 0.4) is 0 Å². The summed E-state index contributed by atoms with van der Waals surface area (Å²) >= 11 is 1.19. The summed E-state index contributed by atoms with van der Waals surface area (Å²) in [6, 6.07) is 4.85. The predicted molar refractivity (Wildman–Crippen MR) is 78.7 cm³/mol. The molecule has 0 aliphatic rings. The minimum atomic E-state index is -3.57. The van der Waals surface area contributed by atoms with Crippen LogP contribution in [0, 0.1) is 0 Å². The standard InChI is InChI=1S/C12H15N3O3S2/c1-13-6-9-5-12(19-8-9)20(16,17)15-10-3-4-11(18-2)14-7-10/h3-5,7-8,13,15H,6H2,1-2H3. The number of thiophene rings is 1. The third-order valence-electron chi connectivity index (χ3n) is 2.47. The number of nitrogens with one attached hydrogen (secondary N) is 2. The van der Waals surface area contributed by atoms with E-state index < -0.39 is 10.0 Å². The van der Waals surface area contributed by atoms with Crippen LogP contribution < -0.4 is 14.8 Å². The molecule has 0 amide bonds. The van der Waals surface area contributed by atoms with E-state index in [1.54, 1.807) is 18.2 Å². The SMILES string of the molecule is CNCc1csc(S(=O)(=O)Nc2ccc(OC)nc2)c1. The Morgan fingerprint density at radius 1 is 1.40 bits per heavy atom. The first-order chi connectivity index (χ1) is 9.55. The molecule has 0 saturated carbocycles. The van der Waals surface area contributed by atoms with Crippen molar-refractivity contribution in [3.05, 3.63) is 35.3 Å². The third-order valence-corrected chi connectivity index (χ3v) is 5.34. The summed E-state index contributed by atoms with van der Waals surface area (Å²) < 4.78 is 32.1. The van der Waals surface area contributed by atoms with Crippen molar-refractivity contribution in [3.63, 3.8) is 0 Å². The van der Waals surface area contributed by atoms with Crippen LogP contribution in [-0.2, 0) is 16.6 Å². The largest absolute Gasteiger partial charge is 0.481 e. The van der Waals surface area contributed by atoms with E-state index in [0.29, 0.717) is 18.1 Å². The van der Waals surface area contributed by atoms with Crippen LogP contribution in [0.25, 0.3) is 0 Å². The molecule has 2 heterocycles. The number of pyridine rings is 1. The normalized spacial score (nSPS) is 11.3. The Kier molecular flexibility index (Phi) is 4.58. The van der Waals surface area contributed by atoms with Gasteiger partial charge in [-0.2, -0.15) is 0 Å². The molecule has 0 radical (unpaired) electrons. The van der Waals surface area contributed by atoms with E-state index in [2.05, 4.69) is 15.0 Å². The van der Waals surface area contributed by atoms with Gasteiger partial charge in [0.15, 0.2) is 0 Å². The highest BCUT2D eigenvalue weighted by Crippen LogP contribution is 2.23. The fraction of sp³-hybridized carbons (Fsp3) is 0.250. The number of aromatic nitrogens is 1. The summed E-state index contributed by atoms with van der Waals surface area (Å²) in [5.74, 6) is 0.431. The van der Waals surface area contributed by atoms with Gasteiger partial charge in [0.1, 0.15) is 4.21 Å². The summed E-state index contributed by atoms with van der Waals surface area (Å²) in [7, 11) is -0.257. The van der Waals surface area contributed by atoms with E-state index in [1.807, 2.05) is 12.4 Å². The average molecular weight is 313 g/mol. The van der Waals surface area contributed by atoms with Crippen LogP contribution in [-0.4, -0.2) is 27.6 Å². The predicted octanol–water partition coefficient (Wildman–Crippen LogP) is 1.67. The lowest BCUT2D eigenvalue weighted by Crippen LogP contribution is -2.12. The number of nitrogens with zero attached hydrogens (tertiary/aromatic N) is 1. The molecule has 0 unspecified atom stereocenters. The lowest BCUT2D eigenvalue weighted by molar-refractivity contribution is 0.398. The highest BCUT2D eigenvalue weighted by atomic mass is 32.2. The van der Waals surface area contributed by atoms with E-state index in [9.17, 15) is 8.42 Å². The van der Waals surface area contributed by atoms with Gasteiger partial charge < -0.3 is 10.1 Å². The minimum absolute atomic E-state index is 0.276. The molecular formula is C12H15N3O3S2. The molecule has 108 valence electrons. The quantitative estimate of drug-likeness (QED) is 0.848. The van der Waals surface area contributed by atoms with Crippen LogP contribution in [0.2, 0.25) is 0 Å². The second-order valence-corrected chi connectivity index (χ2v) is 6.82. The van der Waals surface area contributed by atoms with Crippen molar-refractivity contribution in [3.8, 4) is 5.88 Å². The molecule has 0 aliphatic heterocycles. The smallest absolute Gasteiger partial charge is 0.271 e. The summed E-state index contributed by atoms with van der Waals surface area (Å²) in [6.07, 6.45) is 1.42. The van der Waals surface area contributed by atoms with Gasteiger partial charge in [0.25, 0.3) is 10.0 Å². The number of sulfonamides is 1. The first-order valence-corrected chi connectivity index (χ1v) is 8.16. The molecule has 2 N–H and O–H groups in total. The molecule has 0 fully saturated rings. The van der Waals surface area contributed by atoms with Gasteiger partial charge >= 0.3 is 0 Å². The molecule has 20 heavy (non-hydrogen) atoms. The molecule has 2 aromatic heterocycles. The van der Waals surface area contributed by atoms with E-state index in [1.165, 1.54) is 24.6 Å². The number of ether oxygens (including phenoxy) is 1. The number of hydrogen-bond donors (Lipinski definition) is 2. The van der Waals surface area contributed by atoms with Crippen LogP contribution in [0.1, 0.15) is 5.56 Å². The summed E-state index contributed by atoms with van der Waals surface area (Å²) in [4.78, 5) is 3.95. The van der Waals surface area contributed by atoms with Gasteiger partial charge in [-0.25, -0.2) is 13.4 Å². The van der Waals surface area contributed by atoms with Crippen molar-refractivity contribution in [1.29, 1.82) is 0 Å². The van der Waals surface area contributed by atoms with Gasteiger partial charge in [-0.05, 0) is 30.1 Å². The first-order valence-electron chi connectivity index (χ1n) is 5.80. The minimum Gasteiger partial charge on any atom is -0.481 e. The highest BCUT2D eigenvalue weighted by molar-refractivity contribution is 7.94. The summed E-state index contributed by atoms with van der Waals surface area (Å²) in [5, 5.41) is 4.80. The first kappa shape index (κ1) is 14.8. The van der Waals surface area contributed by atoms with Gasteiger partial charge in [0.05, 0.1) is 19.0 Å². The Morgan fingerprint density at radius 3 is 2.80 bits per heavy atom. The van der Waals surface area contributed by atoms with Gasteiger partial charge in [-0.3, -0.25) is 4.72 Å². The van der Waals surface area contributed by atoms with Crippen molar-refractivity contribution in [2.75, 3.05) is 18.9 Å². The molecule has 0 aromatic carbocycles. The van der Waals surface area contributed by atoms with E-state index in [4.69, 9.17) is 4.74 Å². The van der Waals surface area contributed by atoms with Gasteiger partial charge in [-0.1, -0.05) is 0 Å². The maximum absolute atomic E-state index is 12.2. The third kappa shape index (κ3) is 3.47. The van der Waals surface area contributed by atoms with Crippen molar-refractivity contribution >= 4 is 27.0 Å². The summed E-state index contributed by atoms with van der Waals surface area (Å²) in [5.41, 5.74) is 1.33. The van der Waals surface area contributed by atoms with Gasteiger partial charge in [-0.15, -0.1) is 11.3 Å². The van der Waals surface area contributed by atoms with Crippen LogP contribution in [0.4, 0.5) is 5.69 Å². The summed E-state index contributed by atoms with van der Waals surface area (Å²) in [6.45, 7) is 0.635. The zero-order chi connectivity index (χ0) is 14.6. The Balaban J connectivity index is 2.16. The fourth-order valence-electron chi connectivity index (χ4n) is 1.56. The zero-order valence-corrected chi connectivity index (χ0v) is 12.7. The van der Waals surface area contributed by atoms with E-state index in [-0.39, 0.29) is 4.21 Å². The van der Waals surface area contributed by atoms with E-state index in [0.717, 1.165) is 5.56 Å². The molecule has 8 heteroatoms. The second kappa shape index (κ2) is 6.21. The number of hydrogen-bond acceptors (Lipinski definition) is 6. The molecule has 0 aliphatic carbocycles. The molecule has 0 spiro atoms. The van der Waals surface area contributed by atoms with Crippen molar-refractivity contribution < 1.29 is 13.2 Å². The highest BCUT2D eigenvalue weighted by Gasteiger charge is 2.17. The average Bonchev–Trinajstić information content (AvgIpc) is 2.89. The second-order valence-electron chi connectivity index (χ2n) is 4.00. The molecular weight excluding hydrogens is 298 g/mol. The Labute approximate surface area is 121 Å². The van der Waals surface area contributed by atoms with Crippen molar-refractivity contribution in [1.82, 2.24) is 10.3 Å². The van der Waals surface area contributed by atoms with Crippen LogP contribution >= 0.6 is 11.3 Å². The maximum Gasteiger partial charge on any atom is 0.271 e. The Morgan fingerprint density at radius 2 is 2.20 bits per heavy atom. The molecule has 6 nitrogen and oxygen atoms in total. The van der Waals surface area contributed by atoms with Crippen molar-refractivity contribution in [2.24, 2.45) is 0 Å². The van der Waals surface area contributed by atoms with E-state index >= 15 is 0 Å². The molecule has 2 rings (SSSR count). The Bertz CT molecular complexity index is 666. The van der Waals surface area contributed by atoms with Crippen LogP contribution in [0.5, 0.6) is 5.88 Å². The maximum atomic E-state index is 12.2. The lowest BCUT2D eigenvalue weighted by atomic mass is 10.3. The number of anilines is 1. The zero-order valence-electron chi connectivity index (χ0n) is 11.1. The number of rotatable bonds is 6. The van der Waals surface area contributed by atoms with Gasteiger partial charge in [0, 0.05) is 12.6 Å². The number of methoxy groups -OCH3 is 1. The lowest BCUT2D eigenvalue weighted by Gasteiger charge is -2.06. The molecule has 0 bridgehead atoms. The van der Waals surface area contributed by atoms with Gasteiger partial charge in [0.2, 0.25) is 5.88 Å². The van der Waals surface area contributed by atoms with Crippen molar-refractivity contribution in [2.45, 2.75) is 10.8 Å². The van der Waals surface area contributed by atoms with Crippen LogP contribution in [0.15, 0.2) is 34.0 Å². The fourth-order valence-corrected chi connectivity index (χ4v) is 3.81. The molecule has 0 saturated heterocycles. The molecule has 0 atom stereocenters. The Hall–Kier alpha value is -1.64. The topological polar surface area (TPSA) is 80.3 Å². The molecule has 2 aromatic rings. The monoisotopic (exact) mass is 313 g/mol.